The summed E-state index contributed by atoms with van der Waals surface area (Å²) in [6.07, 6.45) is 2.51. The van der Waals surface area contributed by atoms with Crippen LogP contribution in [0.4, 0.5) is 8.78 Å². The van der Waals surface area contributed by atoms with Gasteiger partial charge < -0.3 is 5.73 Å². The normalized spacial score (nSPS) is 28.6. The van der Waals surface area contributed by atoms with Crippen molar-refractivity contribution in [2.75, 3.05) is 26.2 Å². The van der Waals surface area contributed by atoms with E-state index in [1.54, 1.807) is 0 Å². The maximum absolute atomic E-state index is 13.8. The summed E-state index contributed by atoms with van der Waals surface area (Å²) >= 11 is 0. The maximum atomic E-state index is 13.8. The molecule has 3 rings (SSSR count). The number of halogens is 2. The Morgan fingerprint density at radius 3 is 2.90 bits per heavy atom. The molecule has 0 aromatic heterocycles. The predicted molar refractivity (Wildman–Crippen MR) is 78.9 cm³/mol. The molecule has 3 atom stereocenters. The largest absolute Gasteiger partial charge is 0.323 e. The molecule has 0 aliphatic carbocycles. The monoisotopic (exact) mass is 295 g/mol. The van der Waals surface area contributed by atoms with Gasteiger partial charge in [0, 0.05) is 49.4 Å². The van der Waals surface area contributed by atoms with Crippen LogP contribution in [0.25, 0.3) is 0 Å². The highest BCUT2D eigenvalue weighted by Gasteiger charge is 2.35. The molecule has 0 bridgehead atoms. The number of hydrogen-bond donors (Lipinski definition) is 1. The lowest BCUT2D eigenvalue weighted by atomic mass is 10.0. The molecule has 2 fully saturated rings. The van der Waals surface area contributed by atoms with Crippen molar-refractivity contribution in [2.45, 2.75) is 37.9 Å². The number of rotatable bonds is 3. The van der Waals surface area contributed by atoms with Gasteiger partial charge in [0.05, 0.1) is 0 Å². The summed E-state index contributed by atoms with van der Waals surface area (Å²) in [5.74, 6) is -1.11. The Balaban J connectivity index is 1.67. The quantitative estimate of drug-likeness (QED) is 0.927. The van der Waals surface area contributed by atoms with E-state index in [0.29, 0.717) is 24.2 Å². The van der Waals surface area contributed by atoms with Crippen LogP contribution in [0.5, 0.6) is 0 Å². The molecule has 2 aliphatic rings. The molecular weight excluding hydrogens is 272 g/mol. The Bertz CT molecular complexity index is 508. The summed E-state index contributed by atoms with van der Waals surface area (Å²) in [5, 5.41) is 0. The van der Waals surface area contributed by atoms with Crippen molar-refractivity contribution in [1.82, 2.24) is 9.80 Å². The summed E-state index contributed by atoms with van der Waals surface area (Å²) in [4.78, 5) is 4.89. The number of fused-ring (bicyclic) bond motifs is 1. The lowest BCUT2D eigenvalue weighted by molar-refractivity contribution is 0.0551. The number of piperazine rings is 1. The van der Waals surface area contributed by atoms with Gasteiger partial charge in [-0.05, 0) is 32.4 Å². The van der Waals surface area contributed by atoms with Crippen molar-refractivity contribution in [2.24, 2.45) is 5.73 Å². The van der Waals surface area contributed by atoms with Gasteiger partial charge in [0.25, 0.3) is 0 Å². The van der Waals surface area contributed by atoms with Crippen LogP contribution >= 0.6 is 0 Å². The van der Waals surface area contributed by atoms with E-state index in [4.69, 9.17) is 5.73 Å². The topological polar surface area (TPSA) is 32.5 Å². The third kappa shape index (κ3) is 3.10. The summed E-state index contributed by atoms with van der Waals surface area (Å²) in [5.41, 5.74) is 6.56. The Kier molecular flexibility index (Phi) is 4.24. The van der Waals surface area contributed by atoms with Gasteiger partial charge in [0.1, 0.15) is 11.6 Å². The molecule has 2 N–H and O–H groups in total. The van der Waals surface area contributed by atoms with Crippen LogP contribution in [0.3, 0.4) is 0 Å². The third-order valence-electron chi connectivity index (χ3n) is 4.86. The lowest BCUT2D eigenvalue weighted by Crippen LogP contribution is -2.56. The van der Waals surface area contributed by atoms with Gasteiger partial charge >= 0.3 is 0 Å². The molecule has 3 nitrogen and oxygen atoms in total. The molecule has 0 saturated carbocycles. The second kappa shape index (κ2) is 5.99. The minimum absolute atomic E-state index is 0.400. The molecule has 0 radical (unpaired) electrons. The average molecular weight is 295 g/mol. The van der Waals surface area contributed by atoms with Gasteiger partial charge in [-0.3, -0.25) is 9.80 Å². The first kappa shape index (κ1) is 14.9. The van der Waals surface area contributed by atoms with Crippen molar-refractivity contribution >= 4 is 0 Å². The van der Waals surface area contributed by atoms with Gasteiger partial charge in [-0.15, -0.1) is 0 Å². The standard InChI is InChI=1S/C16H23F2N3/c1-11-8-20-6-2-3-13(20)9-21(11)10-16(19)14-5-4-12(17)7-15(14)18/h4-5,7,11,13,16H,2-3,6,8-10,19H2,1H3. The fourth-order valence-corrected chi connectivity index (χ4v) is 3.66. The molecule has 1 aromatic rings. The molecule has 0 amide bonds. The van der Waals surface area contributed by atoms with Crippen molar-refractivity contribution < 1.29 is 8.78 Å². The second-order valence-electron chi connectivity index (χ2n) is 6.37. The van der Waals surface area contributed by atoms with E-state index in [1.807, 2.05) is 0 Å². The molecule has 1 aromatic carbocycles. The zero-order valence-electron chi connectivity index (χ0n) is 12.4. The highest BCUT2D eigenvalue weighted by Crippen LogP contribution is 2.26. The van der Waals surface area contributed by atoms with Crippen molar-refractivity contribution in [3.05, 3.63) is 35.4 Å². The third-order valence-corrected chi connectivity index (χ3v) is 4.86. The molecule has 5 heteroatoms. The Labute approximate surface area is 124 Å². The van der Waals surface area contributed by atoms with Crippen LogP contribution in [-0.2, 0) is 0 Å². The van der Waals surface area contributed by atoms with Crippen molar-refractivity contribution in [1.29, 1.82) is 0 Å². The highest BCUT2D eigenvalue weighted by molar-refractivity contribution is 5.22. The second-order valence-corrected chi connectivity index (χ2v) is 6.37. The van der Waals surface area contributed by atoms with Crippen LogP contribution in [0.1, 0.15) is 31.4 Å². The van der Waals surface area contributed by atoms with Gasteiger partial charge in [-0.25, -0.2) is 8.78 Å². The van der Waals surface area contributed by atoms with Crippen LogP contribution in [0.15, 0.2) is 18.2 Å². The predicted octanol–water partition coefficient (Wildman–Crippen LogP) is 2.13. The fraction of sp³-hybridized carbons (Fsp3) is 0.625. The first-order chi connectivity index (χ1) is 10.0. The molecule has 3 unspecified atom stereocenters. The van der Waals surface area contributed by atoms with E-state index < -0.39 is 17.7 Å². The summed E-state index contributed by atoms with van der Waals surface area (Å²) in [6.45, 7) is 6.07. The zero-order chi connectivity index (χ0) is 15.0. The number of benzene rings is 1. The fourth-order valence-electron chi connectivity index (χ4n) is 3.66. The molecule has 2 saturated heterocycles. The number of nitrogens with two attached hydrogens (primary N) is 1. The van der Waals surface area contributed by atoms with Gasteiger partial charge in [-0.2, -0.15) is 0 Å². The minimum atomic E-state index is -0.559. The maximum Gasteiger partial charge on any atom is 0.130 e. The molecule has 2 aliphatic heterocycles. The van der Waals surface area contributed by atoms with Crippen LogP contribution in [0, 0.1) is 11.6 Å². The molecule has 0 spiro atoms. The molecular formula is C16H23F2N3. The Morgan fingerprint density at radius 2 is 2.14 bits per heavy atom. The van der Waals surface area contributed by atoms with Gasteiger partial charge in [0.2, 0.25) is 0 Å². The first-order valence-electron chi connectivity index (χ1n) is 7.73. The summed E-state index contributed by atoms with van der Waals surface area (Å²) in [7, 11) is 0. The molecule has 116 valence electrons. The number of nitrogens with zero attached hydrogens (tertiary/aromatic N) is 2. The lowest BCUT2D eigenvalue weighted by Gasteiger charge is -2.43. The first-order valence-corrected chi connectivity index (χ1v) is 7.73. The van der Waals surface area contributed by atoms with Crippen molar-refractivity contribution in [3.63, 3.8) is 0 Å². The molecule has 2 heterocycles. The summed E-state index contributed by atoms with van der Waals surface area (Å²) in [6, 6.07) is 4.28. The van der Waals surface area contributed by atoms with Crippen molar-refractivity contribution in [3.8, 4) is 0 Å². The summed E-state index contributed by atoms with van der Waals surface area (Å²) < 4.78 is 26.8. The highest BCUT2D eigenvalue weighted by atomic mass is 19.1. The van der Waals surface area contributed by atoms with Gasteiger partial charge in [0.15, 0.2) is 0 Å². The SMILES string of the molecule is CC1CN2CCCC2CN1CC(N)c1ccc(F)cc1F. The minimum Gasteiger partial charge on any atom is -0.323 e. The van der Waals surface area contributed by atoms with E-state index in [-0.39, 0.29) is 0 Å². The van der Waals surface area contributed by atoms with Gasteiger partial charge in [-0.1, -0.05) is 6.07 Å². The van der Waals surface area contributed by atoms with E-state index >= 15 is 0 Å². The van der Waals surface area contributed by atoms with E-state index in [1.165, 1.54) is 31.5 Å². The Morgan fingerprint density at radius 1 is 1.33 bits per heavy atom. The smallest absolute Gasteiger partial charge is 0.130 e. The van der Waals surface area contributed by atoms with Crippen LogP contribution in [0.2, 0.25) is 0 Å². The van der Waals surface area contributed by atoms with Crippen LogP contribution < -0.4 is 5.73 Å². The van der Waals surface area contributed by atoms with Crippen LogP contribution in [-0.4, -0.2) is 48.1 Å². The number of hydrogen-bond acceptors (Lipinski definition) is 3. The van der Waals surface area contributed by atoms with E-state index in [0.717, 1.165) is 19.2 Å². The van der Waals surface area contributed by atoms with E-state index in [9.17, 15) is 8.78 Å². The Hall–Kier alpha value is -1.04. The molecule has 21 heavy (non-hydrogen) atoms. The van der Waals surface area contributed by atoms with E-state index in [2.05, 4.69) is 16.7 Å². The average Bonchev–Trinajstić information content (AvgIpc) is 2.86. The zero-order valence-corrected chi connectivity index (χ0v) is 12.4.